The number of piperazine rings is 1. The Kier molecular flexibility index (Phi) is 5.71. The minimum Gasteiger partial charge on any atom is -0.368 e. The van der Waals surface area contributed by atoms with Gasteiger partial charge in [-0.2, -0.15) is 0 Å². The van der Waals surface area contributed by atoms with Crippen LogP contribution in [0.15, 0.2) is 49.1 Å². The third-order valence-corrected chi connectivity index (χ3v) is 4.37. The van der Waals surface area contributed by atoms with Crippen molar-refractivity contribution in [1.29, 1.82) is 0 Å². The highest BCUT2D eigenvalue weighted by molar-refractivity contribution is 5.74. The second-order valence-corrected chi connectivity index (χ2v) is 6.05. The Morgan fingerprint density at radius 3 is 2.58 bits per heavy atom. The van der Waals surface area contributed by atoms with E-state index in [4.69, 9.17) is 0 Å². The number of carbonyl (C=O) groups is 1. The van der Waals surface area contributed by atoms with Crippen LogP contribution in [-0.4, -0.2) is 53.2 Å². The number of anilines is 1. The van der Waals surface area contributed by atoms with Crippen LogP contribution in [0.5, 0.6) is 0 Å². The van der Waals surface area contributed by atoms with E-state index in [0.29, 0.717) is 0 Å². The lowest BCUT2D eigenvalue weighted by Crippen LogP contribution is -2.52. The van der Waals surface area contributed by atoms with E-state index in [1.807, 2.05) is 23.5 Å². The largest absolute Gasteiger partial charge is 0.368 e. The molecular formula is C18H25N5O. The first-order chi connectivity index (χ1) is 11.8. The summed E-state index contributed by atoms with van der Waals surface area (Å²) < 4.78 is 2.06. The fraction of sp³-hybridized carbons (Fsp3) is 0.444. The number of unbranched alkanes of at least 4 members (excludes halogenated alkanes) is 1. The molecule has 0 bridgehead atoms. The number of para-hydroxylation sites is 1. The number of imidazole rings is 1. The average molecular weight is 327 g/mol. The molecule has 2 heterocycles. The highest BCUT2D eigenvalue weighted by Crippen LogP contribution is 2.15. The number of amides is 2. The van der Waals surface area contributed by atoms with Crippen LogP contribution in [-0.2, 0) is 6.54 Å². The number of rotatable bonds is 6. The Balaban J connectivity index is 1.32. The van der Waals surface area contributed by atoms with Crippen LogP contribution in [0.25, 0.3) is 0 Å². The standard InChI is InChI=1S/C18H25N5O/c24-18(20-8-4-5-10-21-11-9-19-16-21)23-14-12-22(13-15-23)17-6-2-1-3-7-17/h1-3,6-7,9,11,16H,4-5,8,10,12-15H2,(H,20,24). The number of carbonyl (C=O) groups excluding carboxylic acids is 1. The summed E-state index contributed by atoms with van der Waals surface area (Å²) in [4.78, 5) is 20.5. The maximum Gasteiger partial charge on any atom is 0.317 e. The van der Waals surface area contributed by atoms with E-state index in [1.54, 1.807) is 6.20 Å². The second-order valence-electron chi connectivity index (χ2n) is 6.05. The van der Waals surface area contributed by atoms with Crippen molar-refractivity contribution in [3.63, 3.8) is 0 Å². The summed E-state index contributed by atoms with van der Waals surface area (Å²) in [5, 5.41) is 3.03. The third-order valence-electron chi connectivity index (χ3n) is 4.37. The molecule has 24 heavy (non-hydrogen) atoms. The fourth-order valence-corrected chi connectivity index (χ4v) is 2.95. The molecule has 2 aromatic rings. The van der Waals surface area contributed by atoms with Crippen molar-refractivity contribution < 1.29 is 4.79 Å². The van der Waals surface area contributed by atoms with E-state index >= 15 is 0 Å². The SMILES string of the molecule is O=C(NCCCCn1ccnc1)N1CCN(c2ccccc2)CC1. The number of nitrogens with zero attached hydrogens (tertiary/aromatic N) is 4. The Morgan fingerprint density at radius 1 is 1.08 bits per heavy atom. The van der Waals surface area contributed by atoms with E-state index in [1.165, 1.54) is 5.69 Å². The molecule has 0 spiro atoms. The Labute approximate surface area is 143 Å². The van der Waals surface area contributed by atoms with Crippen molar-refractivity contribution in [3.05, 3.63) is 49.1 Å². The van der Waals surface area contributed by atoms with E-state index in [9.17, 15) is 4.79 Å². The summed E-state index contributed by atoms with van der Waals surface area (Å²) in [5.74, 6) is 0. The fourth-order valence-electron chi connectivity index (χ4n) is 2.95. The molecule has 1 saturated heterocycles. The topological polar surface area (TPSA) is 53.4 Å². The number of benzene rings is 1. The molecule has 1 fully saturated rings. The van der Waals surface area contributed by atoms with Gasteiger partial charge >= 0.3 is 6.03 Å². The smallest absolute Gasteiger partial charge is 0.317 e. The molecule has 6 nitrogen and oxygen atoms in total. The predicted molar refractivity (Wildman–Crippen MR) is 95.1 cm³/mol. The average Bonchev–Trinajstić information content (AvgIpc) is 3.16. The number of hydrogen-bond acceptors (Lipinski definition) is 3. The molecule has 0 unspecified atom stereocenters. The summed E-state index contributed by atoms with van der Waals surface area (Å²) in [6.07, 6.45) is 7.60. The number of hydrogen-bond donors (Lipinski definition) is 1. The maximum atomic E-state index is 12.2. The molecular weight excluding hydrogens is 302 g/mol. The van der Waals surface area contributed by atoms with Crippen LogP contribution in [0.1, 0.15) is 12.8 Å². The first-order valence-corrected chi connectivity index (χ1v) is 8.61. The molecule has 1 N–H and O–H groups in total. The van der Waals surface area contributed by atoms with Crippen LogP contribution in [0.3, 0.4) is 0 Å². The number of urea groups is 1. The van der Waals surface area contributed by atoms with Gasteiger partial charge in [0.25, 0.3) is 0 Å². The Hall–Kier alpha value is -2.50. The molecule has 0 aliphatic carbocycles. The van der Waals surface area contributed by atoms with Crippen LogP contribution >= 0.6 is 0 Å². The molecule has 1 aromatic heterocycles. The van der Waals surface area contributed by atoms with Gasteiger partial charge in [-0.05, 0) is 25.0 Å². The van der Waals surface area contributed by atoms with Crippen molar-refractivity contribution >= 4 is 11.7 Å². The van der Waals surface area contributed by atoms with Gasteiger partial charge in [0.15, 0.2) is 0 Å². The van der Waals surface area contributed by atoms with Gasteiger partial charge in [0, 0.05) is 57.3 Å². The van der Waals surface area contributed by atoms with Gasteiger partial charge < -0.3 is 19.7 Å². The van der Waals surface area contributed by atoms with E-state index < -0.39 is 0 Å². The zero-order valence-electron chi connectivity index (χ0n) is 14.0. The maximum absolute atomic E-state index is 12.2. The summed E-state index contributed by atoms with van der Waals surface area (Å²) in [7, 11) is 0. The molecule has 1 aliphatic rings. The molecule has 2 amide bonds. The van der Waals surface area contributed by atoms with Gasteiger partial charge in [0.2, 0.25) is 0 Å². The summed E-state index contributed by atoms with van der Waals surface area (Å²) in [5.41, 5.74) is 1.23. The number of aromatic nitrogens is 2. The van der Waals surface area contributed by atoms with E-state index in [2.05, 4.69) is 44.0 Å². The lowest BCUT2D eigenvalue weighted by molar-refractivity contribution is 0.194. The summed E-state index contributed by atoms with van der Waals surface area (Å²) in [6.45, 7) is 5.00. The first-order valence-electron chi connectivity index (χ1n) is 8.61. The van der Waals surface area contributed by atoms with Crippen molar-refractivity contribution in [2.75, 3.05) is 37.6 Å². The van der Waals surface area contributed by atoms with Crippen LogP contribution in [0.4, 0.5) is 10.5 Å². The molecule has 3 rings (SSSR count). The van der Waals surface area contributed by atoms with Crippen molar-refractivity contribution in [3.8, 4) is 0 Å². The lowest BCUT2D eigenvalue weighted by atomic mass is 10.2. The number of aryl methyl sites for hydroxylation is 1. The highest BCUT2D eigenvalue weighted by atomic mass is 16.2. The van der Waals surface area contributed by atoms with Crippen molar-refractivity contribution in [2.24, 2.45) is 0 Å². The van der Waals surface area contributed by atoms with Crippen LogP contribution < -0.4 is 10.2 Å². The Morgan fingerprint density at radius 2 is 1.88 bits per heavy atom. The number of nitrogens with one attached hydrogen (secondary N) is 1. The Bertz CT molecular complexity index is 606. The van der Waals surface area contributed by atoms with Gasteiger partial charge in [0.05, 0.1) is 6.33 Å². The molecule has 1 aromatic carbocycles. The molecule has 0 radical (unpaired) electrons. The quantitative estimate of drug-likeness (QED) is 0.828. The lowest BCUT2D eigenvalue weighted by Gasteiger charge is -2.36. The first kappa shape index (κ1) is 16.4. The van der Waals surface area contributed by atoms with Gasteiger partial charge in [-0.3, -0.25) is 0 Å². The second kappa shape index (κ2) is 8.38. The van der Waals surface area contributed by atoms with Gasteiger partial charge in [0.1, 0.15) is 0 Å². The molecule has 0 atom stereocenters. The minimum atomic E-state index is 0.0605. The minimum absolute atomic E-state index is 0.0605. The van der Waals surface area contributed by atoms with Crippen molar-refractivity contribution in [1.82, 2.24) is 19.8 Å². The molecule has 0 saturated carbocycles. The van der Waals surface area contributed by atoms with Gasteiger partial charge in [-0.25, -0.2) is 9.78 Å². The zero-order chi connectivity index (χ0) is 16.6. The summed E-state index contributed by atoms with van der Waals surface area (Å²) >= 11 is 0. The predicted octanol–water partition coefficient (Wildman–Crippen LogP) is 2.20. The third kappa shape index (κ3) is 4.50. The molecule has 6 heteroatoms. The van der Waals surface area contributed by atoms with Crippen LogP contribution in [0.2, 0.25) is 0 Å². The molecule has 1 aliphatic heterocycles. The van der Waals surface area contributed by atoms with Gasteiger partial charge in [-0.1, -0.05) is 18.2 Å². The van der Waals surface area contributed by atoms with E-state index in [-0.39, 0.29) is 6.03 Å². The summed E-state index contributed by atoms with van der Waals surface area (Å²) in [6, 6.07) is 10.4. The van der Waals surface area contributed by atoms with Crippen LogP contribution in [0, 0.1) is 0 Å². The monoisotopic (exact) mass is 327 g/mol. The van der Waals surface area contributed by atoms with Crippen molar-refractivity contribution in [2.45, 2.75) is 19.4 Å². The van der Waals surface area contributed by atoms with E-state index in [0.717, 1.165) is 52.1 Å². The molecule has 128 valence electrons. The zero-order valence-corrected chi connectivity index (χ0v) is 14.0. The van der Waals surface area contributed by atoms with Gasteiger partial charge in [-0.15, -0.1) is 0 Å². The normalized spacial score (nSPS) is 14.7. The highest BCUT2D eigenvalue weighted by Gasteiger charge is 2.20.